The second kappa shape index (κ2) is 2.99. The Bertz CT molecular complexity index is 165. The minimum absolute atomic E-state index is 0.544. The van der Waals surface area contributed by atoms with Crippen LogP contribution in [0.25, 0.3) is 0 Å². The van der Waals surface area contributed by atoms with Crippen molar-refractivity contribution in [2.75, 3.05) is 19.6 Å². The van der Waals surface area contributed by atoms with Gasteiger partial charge in [-0.15, -0.1) is 0 Å². The molecule has 70 valence electrons. The van der Waals surface area contributed by atoms with Crippen molar-refractivity contribution in [1.29, 1.82) is 0 Å². The van der Waals surface area contributed by atoms with E-state index in [2.05, 4.69) is 11.8 Å². The maximum atomic E-state index is 12.8. The monoisotopic (exact) mass is 171 g/mol. The van der Waals surface area contributed by atoms with E-state index in [9.17, 15) is 4.39 Å². The molecule has 2 aliphatic rings. The Morgan fingerprint density at radius 3 is 2.67 bits per heavy atom. The van der Waals surface area contributed by atoms with Gasteiger partial charge in [-0.2, -0.15) is 0 Å². The Morgan fingerprint density at radius 2 is 2.25 bits per heavy atom. The van der Waals surface area contributed by atoms with Gasteiger partial charge in [-0.25, -0.2) is 4.39 Å². The average Bonchev–Trinajstić information content (AvgIpc) is 2.71. The van der Waals surface area contributed by atoms with Gasteiger partial charge in [0.15, 0.2) is 0 Å². The largest absolute Gasteiger partial charge is 0.300 e. The van der Waals surface area contributed by atoms with E-state index in [0.717, 1.165) is 19.5 Å². The van der Waals surface area contributed by atoms with Gasteiger partial charge in [0, 0.05) is 19.6 Å². The summed E-state index contributed by atoms with van der Waals surface area (Å²) in [6.07, 6.45) is 4.24. The second-order valence-corrected chi connectivity index (χ2v) is 4.47. The number of hydrogen-bond acceptors (Lipinski definition) is 1. The number of rotatable bonds is 3. The van der Waals surface area contributed by atoms with Gasteiger partial charge in [0.1, 0.15) is 6.17 Å². The molecule has 1 heterocycles. The first-order valence-corrected chi connectivity index (χ1v) is 5.10. The molecule has 0 amide bonds. The van der Waals surface area contributed by atoms with Gasteiger partial charge in [-0.1, -0.05) is 6.92 Å². The first-order valence-electron chi connectivity index (χ1n) is 5.10. The van der Waals surface area contributed by atoms with Crippen LogP contribution in [0.2, 0.25) is 0 Å². The molecule has 2 heteroatoms. The highest BCUT2D eigenvalue weighted by atomic mass is 19.1. The molecule has 0 bridgehead atoms. The lowest BCUT2D eigenvalue weighted by molar-refractivity contribution is 0.236. The maximum Gasteiger partial charge on any atom is 0.114 e. The molecule has 1 saturated carbocycles. The van der Waals surface area contributed by atoms with Crippen LogP contribution in [-0.2, 0) is 0 Å². The Balaban J connectivity index is 1.80. The third kappa shape index (κ3) is 1.63. The predicted molar refractivity (Wildman–Crippen MR) is 47.9 cm³/mol. The van der Waals surface area contributed by atoms with Crippen molar-refractivity contribution < 1.29 is 4.39 Å². The van der Waals surface area contributed by atoms with Crippen LogP contribution in [0.1, 0.15) is 32.6 Å². The number of likely N-dealkylation sites (tertiary alicyclic amines) is 1. The molecular weight excluding hydrogens is 153 g/mol. The van der Waals surface area contributed by atoms with Crippen LogP contribution in [0.3, 0.4) is 0 Å². The van der Waals surface area contributed by atoms with E-state index in [0.29, 0.717) is 12.0 Å². The third-order valence-electron chi connectivity index (χ3n) is 3.48. The van der Waals surface area contributed by atoms with E-state index < -0.39 is 6.17 Å². The van der Waals surface area contributed by atoms with Crippen LogP contribution in [0.5, 0.6) is 0 Å². The number of halogens is 1. The van der Waals surface area contributed by atoms with E-state index in [1.165, 1.54) is 19.3 Å². The summed E-state index contributed by atoms with van der Waals surface area (Å²) in [5.41, 5.74) is 0.601. The van der Waals surface area contributed by atoms with Crippen molar-refractivity contribution in [2.45, 2.75) is 38.8 Å². The molecule has 0 aromatic heterocycles. The van der Waals surface area contributed by atoms with Crippen LogP contribution in [0, 0.1) is 5.41 Å². The van der Waals surface area contributed by atoms with Crippen molar-refractivity contribution in [2.24, 2.45) is 5.41 Å². The topological polar surface area (TPSA) is 3.24 Å². The van der Waals surface area contributed by atoms with E-state index in [1.807, 2.05) is 0 Å². The fraction of sp³-hybridized carbons (Fsp3) is 1.00. The number of hydrogen-bond donors (Lipinski definition) is 0. The molecule has 0 spiro atoms. The smallest absolute Gasteiger partial charge is 0.114 e. The van der Waals surface area contributed by atoms with Crippen LogP contribution in [0.15, 0.2) is 0 Å². The third-order valence-corrected chi connectivity index (χ3v) is 3.48. The van der Waals surface area contributed by atoms with Gasteiger partial charge in [-0.3, -0.25) is 4.90 Å². The molecule has 1 aliphatic carbocycles. The molecule has 0 N–H and O–H groups in total. The molecule has 0 aromatic rings. The average molecular weight is 171 g/mol. The summed E-state index contributed by atoms with van der Waals surface area (Å²) in [5, 5.41) is 0. The molecule has 0 radical (unpaired) electrons. The lowest BCUT2D eigenvalue weighted by atomic mass is 10.0. The summed E-state index contributed by atoms with van der Waals surface area (Å²) in [6, 6.07) is 0. The minimum atomic E-state index is -0.544. The molecule has 12 heavy (non-hydrogen) atoms. The fourth-order valence-electron chi connectivity index (χ4n) is 2.20. The van der Waals surface area contributed by atoms with Gasteiger partial charge < -0.3 is 0 Å². The van der Waals surface area contributed by atoms with Crippen molar-refractivity contribution in [3.8, 4) is 0 Å². The standard InChI is InChI=1S/C10H18FN/c1-2-10(4-5-10)8-12-6-3-9(11)7-12/h9H,2-8H2,1H3/t9-/m1/s1. The molecule has 1 aliphatic heterocycles. The first-order chi connectivity index (χ1) is 5.74. The Hall–Kier alpha value is -0.110. The highest BCUT2D eigenvalue weighted by molar-refractivity contribution is 4.95. The first kappa shape index (κ1) is 8.49. The lowest BCUT2D eigenvalue weighted by Crippen LogP contribution is -2.28. The molecule has 2 rings (SSSR count). The highest BCUT2D eigenvalue weighted by Gasteiger charge is 2.42. The lowest BCUT2D eigenvalue weighted by Gasteiger charge is -2.21. The Kier molecular flexibility index (Phi) is 2.11. The number of nitrogens with zero attached hydrogens (tertiary/aromatic N) is 1. The zero-order valence-corrected chi connectivity index (χ0v) is 7.85. The zero-order chi connectivity index (χ0) is 8.60. The Labute approximate surface area is 73.9 Å². The summed E-state index contributed by atoms with van der Waals surface area (Å²) in [5.74, 6) is 0. The second-order valence-electron chi connectivity index (χ2n) is 4.47. The molecule has 0 unspecified atom stereocenters. The van der Waals surface area contributed by atoms with Gasteiger partial charge in [0.25, 0.3) is 0 Å². The number of alkyl halides is 1. The SMILES string of the molecule is CCC1(CN2CC[C@@H](F)C2)CC1. The minimum Gasteiger partial charge on any atom is -0.300 e. The van der Waals surface area contributed by atoms with Crippen LogP contribution in [-0.4, -0.2) is 30.7 Å². The summed E-state index contributed by atoms with van der Waals surface area (Å²) >= 11 is 0. The van der Waals surface area contributed by atoms with Crippen LogP contribution < -0.4 is 0 Å². The van der Waals surface area contributed by atoms with Gasteiger partial charge in [0.2, 0.25) is 0 Å². The zero-order valence-electron chi connectivity index (χ0n) is 7.85. The van der Waals surface area contributed by atoms with Gasteiger partial charge in [0.05, 0.1) is 0 Å². The van der Waals surface area contributed by atoms with Gasteiger partial charge in [-0.05, 0) is 31.1 Å². The van der Waals surface area contributed by atoms with Crippen LogP contribution in [0.4, 0.5) is 4.39 Å². The van der Waals surface area contributed by atoms with Crippen molar-refractivity contribution in [3.05, 3.63) is 0 Å². The Morgan fingerprint density at radius 1 is 1.50 bits per heavy atom. The van der Waals surface area contributed by atoms with E-state index >= 15 is 0 Å². The maximum absolute atomic E-state index is 12.8. The predicted octanol–water partition coefficient (Wildman–Crippen LogP) is 2.22. The van der Waals surface area contributed by atoms with E-state index in [4.69, 9.17) is 0 Å². The molecule has 1 nitrogen and oxygen atoms in total. The van der Waals surface area contributed by atoms with Crippen molar-refractivity contribution in [3.63, 3.8) is 0 Å². The van der Waals surface area contributed by atoms with Crippen LogP contribution >= 0.6 is 0 Å². The summed E-state index contributed by atoms with van der Waals surface area (Å²) in [7, 11) is 0. The normalized spacial score (nSPS) is 34.0. The molecule has 2 fully saturated rings. The van der Waals surface area contributed by atoms with Gasteiger partial charge >= 0.3 is 0 Å². The molecular formula is C10H18FN. The molecule has 1 atom stereocenters. The van der Waals surface area contributed by atoms with E-state index in [-0.39, 0.29) is 0 Å². The van der Waals surface area contributed by atoms with Crippen molar-refractivity contribution >= 4 is 0 Å². The van der Waals surface area contributed by atoms with Crippen molar-refractivity contribution in [1.82, 2.24) is 4.90 Å². The highest BCUT2D eigenvalue weighted by Crippen LogP contribution is 2.49. The quantitative estimate of drug-likeness (QED) is 0.629. The fourth-order valence-corrected chi connectivity index (χ4v) is 2.20. The summed E-state index contributed by atoms with van der Waals surface area (Å²) < 4.78 is 12.8. The summed E-state index contributed by atoms with van der Waals surface area (Å²) in [4.78, 5) is 2.31. The summed E-state index contributed by atoms with van der Waals surface area (Å²) in [6.45, 7) is 5.10. The molecule has 1 saturated heterocycles. The van der Waals surface area contributed by atoms with E-state index in [1.54, 1.807) is 0 Å². The molecule has 0 aromatic carbocycles.